The lowest BCUT2D eigenvalue weighted by Gasteiger charge is -2.16. The van der Waals surface area contributed by atoms with Crippen LogP contribution in [0.5, 0.6) is 5.75 Å². The van der Waals surface area contributed by atoms with Crippen molar-refractivity contribution in [1.29, 1.82) is 0 Å². The van der Waals surface area contributed by atoms with E-state index in [0.717, 1.165) is 12.1 Å². The third-order valence-electron chi connectivity index (χ3n) is 4.86. The van der Waals surface area contributed by atoms with Crippen LogP contribution in [0.4, 0.5) is 39.5 Å². The molecule has 0 aliphatic carbocycles. The lowest BCUT2D eigenvalue weighted by molar-refractivity contribution is -0.276. The summed E-state index contributed by atoms with van der Waals surface area (Å²) in [6.45, 7) is 0. The van der Waals surface area contributed by atoms with Gasteiger partial charge in [0.25, 0.3) is 0 Å². The molecule has 15 heteroatoms. The van der Waals surface area contributed by atoms with Gasteiger partial charge in [-0.1, -0.05) is 18.2 Å². The predicted octanol–water partition coefficient (Wildman–Crippen LogP) is 6.33. The molecule has 2 aromatic carbocycles. The van der Waals surface area contributed by atoms with E-state index >= 15 is 0 Å². The SMILES string of the molecule is FC(F)(F)Oc1ccc(CCc2ccc3c(C(F)(F)F)c(-c4nn[nH]n4)oc3c2)cc1C(F)(F)F. The monoisotopic (exact) mass is 510 g/mol. The molecule has 0 aliphatic rings. The number of nitrogens with one attached hydrogen (secondary N) is 1. The van der Waals surface area contributed by atoms with Gasteiger partial charge in [0.1, 0.15) is 16.9 Å². The van der Waals surface area contributed by atoms with Gasteiger partial charge in [0.2, 0.25) is 5.82 Å². The second-order valence-corrected chi connectivity index (χ2v) is 7.25. The number of tetrazole rings is 1. The van der Waals surface area contributed by atoms with Gasteiger partial charge in [0, 0.05) is 5.39 Å². The van der Waals surface area contributed by atoms with Gasteiger partial charge in [0.05, 0.1) is 5.56 Å². The molecule has 35 heavy (non-hydrogen) atoms. The molecule has 0 fully saturated rings. The molecular weight excluding hydrogens is 499 g/mol. The Hall–Kier alpha value is -3.78. The van der Waals surface area contributed by atoms with Crippen molar-refractivity contribution in [3.05, 3.63) is 58.7 Å². The van der Waals surface area contributed by atoms with Crippen LogP contribution in [0.1, 0.15) is 22.3 Å². The normalized spacial score (nSPS) is 12.9. The fourth-order valence-electron chi connectivity index (χ4n) is 3.45. The largest absolute Gasteiger partial charge is 0.573 e. The van der Waals surface area contributed by atoms with Gasteiger partial charge in [-0.05, 0) is 47.4 Å². The lowest BCUT2D eigenvalue weighted by atomic mass is 10.0. The van der Waals surface area contributed by atoms with E-state index in [0.29, 0.717) is 17.7 Å². The van der Waals surface area contributed by atoms with Crippen LogP contribution in [0, 0.1) is 0 Å². The van der Waals surface area contributed by atoms with Crippen molar-refractivity contribution >= 4 is 11.0 Å². The maximum atomic E-state index is 13.6. The van der Waals surface area contributed by atoms with Gasteiger partial charge < -0.3 is 9.15 Å². The van der Waals surface area contributed by atoms with Gasteiger partial charge in [-0.3, -0.25) is 0 Å². The van der Waals surface area contributed by atoms with Crippen LogP contribution in [0.2, 0.25) is 0 Å². The summed E-state index contributed by atoms with van der Waals surface area (Å²) in [4.78, 5) is 0. The Bertz CT molecular complexity index is 1340. The number of rotatable bonds is 5. The summed E-state index contributed by atoms with van der Waals surface area (Å²) < 4.78 is 127. The van der Waals surface area contributed by atoms with Gasteiger partial charge in [-0.2, -0.15) is 31.6 Å². The lowest BCUT2D eigenvalue weighted by Crippen LogP contribution is -2.20. The van der Waals surface area contributed by atoms with Crippen LogP contribution >= 0.6 is 0 Å². The highest BCUT2D eigenvalue weighted by Gasteiger charge is 2.41. The molecule has 2 heterocycles. The van der Waals surface area contributed by atoms with E-state index in [1.165, 1.54) is 12.1 Å². The Morgan fingerprint density at radius 1 is 0.829 bits per heavy atom. The van der Waals surface area contributed by atoms with E-state index in [1.54, 1.807) is 0 Å². The first-order chi connectivity index (χ1) is 16.2. The number of hydrogen-bond acceptors (Lipinski definition) is 5. The second-order valence-electron chi connectivity index (χ2n) is 7.25. The summed E-state index contributed by atoms with van der Waals surface area (Å²) in [7, 11) is 0. The molecule has 1 N–H and O–H groups in total. The summed E-state index contributed by atoms with van der Waals surface area (Å²) in [5, 5.41) is 11.9. The first-order valence-electron chi connectivity index (χ1n) is 9.54. The van der Waals surface area contributed by atoms with Crippen LogP contribution in [0.15, 0.2) is 40.8 Å². The number of furan rings is 1. The Morgan fingerprint density at radius 3 is 2.06 bits per heavy atom. The predicted molar refractivity (Wildman–Crippen MR) is 99.9 cm³/mol. The number of aromatic nitrogens is 4. The molecule has 0 spiro atoms. The minimum Gasteiger partial charge on any atom is -0.452 e. The molecule has 0 saturated carbocycles. The van der Waals surface area contributed by atoms with E-state index in [1.807, 2.05) is 5.21 Å². The number of halogens is 9. The first kappa shape index (κ1) is 24.3. The Balaban J connectivity index is 1.62. The standard InChI is InChI=1S/C20H11F9N4O2/c21-18(22,23)12-7-9(4-6-13(12)35-20(27,28)29)1-2-10-3-5-11-14(8-10)34-16(15(11)19(24,25)26)17-30-32-33-31-17/h3-8H,1-2H2,(H,30,31,32,33). The van der Waals surface area contributed by atoms with Gasteiger partial charge >= 0.3 is 18.7 Å². The van der Waals surface area contributed by atoms with Gasteiger partial charge in [-0.25, -0.2) is 0 Å². The summed E-state index contributed by atoms with van der Waals surface area (Å²) in [5.74, 6) is -2.47. The van der Waals surface area contributed by atoms with Crippen LogP contribution in [0.25, 0.3) is 22.6 Å². The van der Waals surface area contributed by atoms with Crippen molar-refractivity contribution in [2.24, 2.45) is 0 Å². The van der Waals surface area contributed by atoms with E-state index in [2.05, 4.69) is 20.1 Å². The highest BCUT2D eigenvalue weighted by Crippen LogP contribution is 2.43. The molecule has 186 valence electrons. The number of aryl methyl sites for hydroxylation is 2. The quantitative estimate of drug-likeness (QED) is 0.318. The molecule has 0 unspecified atom stereocenters. The minimum atomic E-state index is -5.31. The van der Waals surface area contributed by atoms with Gasteiger partial charge in [-0.15, -0.1) is 23.4 Å². The fraction of sp³-hybridized carbons (Fsp3) is 0.250. The van der Waals surface area contributed by atoms with Crippen molar-refractivity contribution < 1.29 is 48.7 Å². The molecule has 0 radical (unpaired) electrons. The van der Waals surface area contributed by atoms with E-state index in [-0.39, 0.29) is 29.4 Å². The number of benzene rings is 2. The molecule has 0 aliphatic heterocycles. The topological polar surface area (TPSA) is 76.8 Å². The molecular formula is C20H11F9N4O2. The Labute approximate surface area is 188 Å². The summed E-state index contributed by atoms with van der Waals surface area (Å²) in [5.41, 5.74) is -2.44. The van der Waals surface area contributed by atoms with E-state index in [4.69, 9.17) is 4.42 Å². The van der Waals surface area contributed by atoms with Crippen LogP contribution in [0.3, 0.4) is 0 Å². The number of alkyl halides is 9. The van der Waals surface area contributed by atoms with Gasteiger partial charge in [0.15, 0.2) is 5.76 Å². The molecule has 0 atom stereocenters. The van der Waals surface area contributed by atoms with Crippen molar-refractivity contribution in [1.82, 2.24) is 20.6 Å². The fourth-order valence-corrected chi connectivity index (χ4v) is 3.45. The zero-order chi connectivity index (χ0) is 25.6. The Morgan fingerprint density at radius 2 is 1.49 bits per heavy atom. The highest BCUT2D eigenvalue weighted by molar-refractivity contribution is 5.88. The second kappa shape index (κ2) is 8.46. The summed E-state index contributed by atoms with van der Waals surface area (Å²) in [6.07, 6.45) is -15.2. The molecule has 4 rings (SSSR count). The van der Waals surface area contributed by atoms with Crippen molar-refractivity contribution in [3.8, 4) is 17.3 Å². The third kappa shape index (κ3) is 5.33. The average Bonchev–Trinajstić information content (AvgIpc) is 3.38. The smallest absolute Gasteiger partial charge is 0.452 e. The minimum absolute atomic E-state index is 0.0369. The molecule has 2 aromatic heterocycles. The molecule has 0 saturated heterocycles. The number of aromatic amines is 1. The number of H-pyrrole nitrogens is 1. The zero-order valence-corrected chi connectivity index (χ0v) is 16.9. The summed E-state index contributed by atoms with van der Waals surface area (Å²) >= 11 is 0. The van der Waals surface area contributed by atoms with Crippen LogP contribution in [-0.4, -0.2) is 27.0 Å². The summed E-state index contributed by atoms with van der Waals surface area (Å²) in [6, 6.07) is 5.88. The maximum absolute atomic E-state index is 13.6. The number of nitrogens with zero attached hydrogens (tertiary/aromatic N) is 3. The number of hydrogen-bond donors (Lipinski definition) is 1. The highest BCUT2D eigenvalue weighted by atomic mass is 19.4. The molecule has 6 nitrogen and oxygen atoms in total. The number of fused-ring (bicyclic) bond motifs is 1. The first-order valence-corrected chi connectivity index (χ1v) is 9.54. The third-order valence-corrected chi connectivity index (χ3v) is 4.86. The molecule has 0 bridgehead atoms. The van der Waals surface area contributed by atoms with E-state index < -0.39 is 47.2 Å². The van der Waals surface area contributed by atoms with Crippen LogP contribution < -0.4 is 4.74 Å². The average molecular weight is 510 g/mol. The van der Waals surface area contributed by atoms with Crippen molar-refractivity contribution in [2.75, 3.05) is 0 Å². The van der Waals surface area contributed by atoms with E-state index in [9.17, 15) is 39.5 Å². The maximum Gasteiger partial charge on any atom is 0.573 e. The van der Waals surface area contributed by atoms with Crippen molar-refractivity contribution in [2.45, 2.75) is 31.6 Å². The molecule has 4 aromatic rings. The van der Waals surface area contributed by atoms with Crippen molar-refractivity contribution in [3.63, 3.8) is 0 Å². The number of ether oxygens (including phenoxy) is 1. The molecule has 0 amide bonds. The Kier molecular flexibility index (Phi) is 5.89. The zero-order valence-electron chi connectivity index (χ0n) is 16.9. The van der Waals surface area contributed by atoms with Crippen LogP contribution in [-0.2, 0) is 25.2 Å².